The number of nitrogens with one attached hydrogen (secondary N) is 1. The molecule has 0 atom stereocenters. The molecular weight excluding hydrogens is 210 g/mol. The van der Waals surface area contributed by atoms with Crippen LogP contribution in [0.3, 0.4) is 0 Å². The van der Waals surface area contributed by atoms with Crippen molar-refractivity contribution in [3.8, 4) is 5.75 Å². The topological polar surface area (TPSA) is 21.3 Å². The predicted molar refractivity (Wildman–Crippen MR) is 69.4 cm³/mol. The van der Waals surface area contributed by atoms with Gasteiger partial charge in [0.25, 0.3) is 0 Å². The highest BCUT2D eigenvalue weighted by Gasteiger charge is 2.14. The Morgan fingerprint density at radius 1 is 1.00 bits per heavy atom. The Hall–Kier alpha value is -1.96. The maximum absolute atomic E-state index is 5.87. The molecule has 1 aliphatic rings. The zero-order chi connectivity index (χ0) is 11.5. The van der Waals surface area contributed by atoms with Crippen molar-refractivity contribution in [1.82, 2.24) is 0 Å². The molecule has 0 spiro atoms. The average molecular weight is 225 g/mol. The third-order valence-electron chi connectivity index (χ3n) is 3.05. The van der Waals surface area contributed by atoms with Crippen LogP contribution in [0.1, 0.15) is 11.1 Å². The van der Waals surface area contributed by atoms with Crippen LogP contribution in [0.2, 0.25) is 0 Å². The van der Waals surface area contributed by atoms with Gasteiger partial charge in [-0.05, 0) is 23.6 Å². The van der Waals surface area contributed by atoms with Gasteiger partial charge < -0.3 is 10.1 Å². The second-order valence-corrected chi connectivity index (χ2v) is 4.24. The summed E-state index contributed by atoms with van der Waals surface area (Å²) in [6.45, 7) is 1.64. The average Bonchev–Trinajstić information content (AvgIpc) is 2.86. The zero-order valence-electron chi connectivity index (χ0n) is 9.65. The number of fused-ring (bicyclic) bond motifs is 1. The lowest BCUT2D eigenvalue weighted by Gasteiger charge is -2.10. The number of anilines is 1. The van der Waals surface area contributed by atoms with Crippen LogP contribution in [0, 0.1) is 0 Å². The zero-order valence-corrected chi connectivity index (χ0v) is 9.65. The van der Waals surface area contributed by atoms with E-state index in [0.29, 0.717) is 6.61 Å². The van der Waals surface area contributed by atoms with Gasteiger partial charge in [0.1, 0.15) is 12.4 Å². The highest BCUT2D eigenvalue weighted by Crippen LogP contribution is 2.32. The van der Waals surface area contributed by atoms with Gasteiger partial charge in [-0.15, -0.1) is 0 Å². The first kappa shape index (κ1) is 10.2. The molecule has 0 saturated carbocycles. The number of hydrogen-bond acceptors (Lipinski definition) is 2. The minimum Gasteiger partial charge on any atom is -0.487 e. The molecule has 2 aromatic rings. The van der Waals surface area contributed by atoms with E-state index in [4.69, 9.17) is 4.74 Å². The van der Waals surface area contributed by atoms with Gasteiger partial charge in [0.05, 0.1) is 5.69 Å². The normalized spacial score (nSPS) is 12.9. The molecule has 1 aliphatic heterocycles. The van der Waals surface area contributed by atoms with Crippen LogP contribution in [0.4, 0.5) is 5.69 Å². The smallest absolute Gasteiger partial charge is 0.143 e. The Labute approximate surface area is 101 Å². The molecule has 3 rings (SSSR count). The van der Waals surface area contributed by atoms with E-state index in [1.165, 1.54) is 16.8 Å². The van der Waals surface area contributed by atoms with Crippen LogP contribution in [0.5, 0.6) is 5.75 Å². The van der Waals surface area contributed by atoms with E-state index in [1.807, 2.05) is 24.3 Å². The van der Waals surface area contributed by atoms with E-state index < -0.39 is 0 Å². The van der Waals surface area contributed by atoms with Crippen molar-refractivity contribution >= 4 is 5.69 Å². The molecule has 0 saturated heterocycles. The van der Waals surface area contributed by atoms with E-state index in [0.717, 1.165) is 18.7 Å². The standard InChI is InChI=1S/C15H15NO/c1-2-5-12(6-3-1)11-17-14-8-4-7-13-9-10-16-15(13)14/h1-8,16H,9-11H2. The number of hydrogen-bond donors (Lipinski definition) is 1. The summed E-state index contributed by atoms with van der Waals surface area (Å²) >= 11 is 0. The molecular formula is C15H15NO. The number of para-hydroxylation sites is 1. The fraction of sp³-hybridized carbons (Fsp3) is 0.200. The fourth-order valence-electron chi connectivity index (χ4n) is 2.16. The van der Waals surface area contributed by atoms with E-state index in [-0.39, 0.29) is 0 Å². The minimum absolute atomic E-state index is 0.624. The summed E-state index contributed by atoms with van der Waals surface area (Å²) in [5.74, 6) is 0.962. The van der Waals surface area contributed by atoms with Crippen molar-refractivity contribution in [2.45, 2.75) is 13.0 Å². The highest BCUT2D eigenvalue weighted by atomic mass is 16.5. The molecule has 1 N–H and O–H groups in total. The van der Waals surface area contributed by atoms with E-state index in [1.54, 1.807) is 0 Å². The summed E-state index contributed by atoms with van der Waals surface area (Å²) < 4.78 is 5.87. The molecule has 86 valence electrons. The Morgan fingerprint density at radius 2 is 1.88 bits per heavy atom. The van der Waals surface area contributed by atoms with Gasteiger partial charge in [-0.3, -0.25) is 0 Å². The summed E-state index contributed by atoms with van der Waals surface area (Å²) in [6.07, 6.45) is 1.10. The summed E-state index contributed by atoms with van der Waals surface area (Å²) in [7, 11) is 0. The predicted octanol–water partition coefficient (Wildman–Crippen LogP) is 3.23. The van der Waals surface area contributed by atoms with E-state index in [2.05, 4.69) is 29.6 Å². The van der Waals surface area contributed by atoms with Crippen LogP contribution in [0.25, 0.3) is 0 Å². The summed E-state index contributed by atoms with van der Waals surface area (Å²) in [5.41, 5.74) is 3.72. The summed E-state index contributed by atoms with van der Waals surface area (Å²) in [4.78, 5) is 0. The summed E-state index contributed by atoms with van der Waals surface area (Å²) in [5, 5.41) is 3.38. The van der Waals surface area contributed by atoms with Crippen molar-refractivity contribution in [3.63, 3.8) is 0 Å². The van der Waals surface area contributed by atoms with Gasteiger partial charge >= 0.3 is 0 Å². The van der Waals surface area contributed by atoms with E-state index >= 15 is 0 Å². The van der Waals surface area contributed by atoms with Crippen molar-refractivity contribution in [2.75, 3.05) is 11.9 Å². The second-order valence-electron chi connectivity index (χ2n) is 4.24. The number of ether oxygens (including phenoxy) is 1. The van der Waals surface area contributed by atoms with Crippen molar-refractivity contribution in [1.29, 1.82) is 0 Å². The van der Waals surface area contributed by atoms with Gasteiger partial charge in [-0.1, -0.05) is 42.5 Å². The molecule has 0 radical (unpaired) electrons. The molecule has 0 unspecified atom stereocenters. The molecule has 0 amide bonds. The molecule has 2 aromatic carbocycles. The van der Waals surface area contributed by atoms with Crippen LogP contribution >= 0.6 is 0 Å². The maximum Gasteiger partial charge on any atom is 0.143 e. The molecule has 0 aromatic heterocycles. The molecule has 2 nitrogen and oxygen atoms in total. The lowest BCUT2D eigenvalue weighted by Crippen LogP contribution is -1.98. The molecule has 0 bridgehead atoms. The lowest BCUT2D eigenvalue weighted by atomic mass is 10.1. The first-order chi connectivity index (χ1) is 8.43. The first-order valence-electron chi connectivity index (χ1n) is 5.96. The van der Waals surface area contributed by atoms with Crippen molar-refractivity contribution < 1.29 is 4.74 Å². The third kappa shape index (κ3) is 2.11. The summed E-state index contributed by atoms with van der Waals surface area (Å²) in [6, 6.07) is 16.5. The molecule has 0 aliphatic carbocycles. The van der Waals surface area contributed by atoms with Crippen LogP contribution in [0.15, 0.2) is 48.5 Å². The molecule has 0 fully saturated rings. The minimum atomic E-state index is 0.624. The van der Waals surface area contributed by atoms with Crippen LogP contribution in [-0.4, -0.2) is 6.54 Å². The van der Waals surface area contributed by atoms with E-state index in [9.17, 15) is 0 Å². The Bertz CT molecular complexity index is 508. The SMILES string of the molecule is c1ccc(COc2cccc3c2NCC3)cc1. The number of benzene rings is 2. The molecule has 1 heterocycles. The molecule has 17 heavy (non-hydrogen) atoms. The van der Waals surface area contributed by atoms with Crippen LogP contribution < -0.4 is 10.1 Å². The first-order valence-corrected chi connectivity index (χ1v) is 5.96. The Balaban J connectivity index is 1.76. The van der Waals surface area contributed by atoms with Crippen molar-refractivity contribution in [3.05, 3.63) is 59.7 Å². The lowest BCUT2D eigenvalue weighted by molar-refractivity contribution is 0.308. The van der Waals surface area contributed by atoms with Gasteiger partial charge in [0.15, 0.2) is 0 Å². The maximum atomic E-state index is 5.87. The number of rotatable bonds is 3. The quantitative estimate of drug-likeness (QED) is 0.865. The highest BCUT2D eigenvalue weighted by molar-refractivity contribution is 5.65. The second kappa shape index (κ2) is 4.50. The Morgan fingerprint density at radius 3 is 2.76 bits per heavy atom. The Kier molecular flexibility index (Phi) is 2.70. The fourth-order valence-corrected chi connectivity index (χ4v) is 2.16. The van der Waals surface area contributed by atoms with Crippen LogP contribution in [-0.2, 0) is 13.0 Å². The largest absolute Gasteiger partial charge is 0.487 e. The van der Waals surface area contributed by atoms with Gasteiger partial charge in [-0.2, -0.15) is 0 Å². The van der Waals surface area contributed by atoms with Gasteiger partial charge in [0, 0.05) is 6.54 Å². The monoisotopic (exact) mass is 225 g/mol. The van der Waals surface area contributed by atoms with Crippen molar-refractivity contribution in [2.24, 2.45) is 0 Å². The molecule has 2 heteroatoms. The third-order valence-corrected chi connectivity index (χ3v) is 3.05. The van der Waals surface area contributed by atoms with Gasteiger partial charge in [0.2, 0.25) is 0 Å². The van der Waals surface area contributed by atoms with Gasteiger partial charge in [-0.25, -0.2) is 0 Å².